The van der Waals surface area contributed by atoms with Crippen molar-refractivity contribution in [2.24, 2.45) is 0 Å². The van der Waals surface area contributed by atoms with Gasteiger partial charge in [0, 0.05) is 35.9 Å². The summed E-state index contributed by atoms with van der Waals surface area (Å²) < 4.78 is 14.6. The number of anilines is 1. The molecule has 51 heavy (non-hydrogen) atoms. The highest BCUT2D eigenvalue weighted by Gasteiger charge is 2.22. The SMILES string of the molecule is Cc1ccc(C(=O)O)cc1-n1c(C)cc(OCc2ccccc2CNC(=O)Nc2cc(C(C)(C)C)nn2-c2cccc(OCCO)c2)c(Cl)c1=O. The number of halogens is 1. The fourth-order valence-corrected chi connectivity index (χ4v) is 5.53. The first-order valence-corrected chi connectivity index (χ1v) is 16.6. The Morgan fingerprint density at radius 2 is 1.69 bits per heavy atom. The maximum atomic E-state index is 13.4. The molecule has 0 aliphatic heterocycles. The van der Waals surface area contributed by atoms with Crippen LogP contribution in [0, 0.1) is 13.8 Å². The molecule has 0 spiro atoms. The van der Waals surface area contributed by atoms with Gasteiger partial charge in [-0.25, -0.2) is 14.3 Å². The molecule has 5 rings (SSSR count). The lowest BCUT2D eigenvalue weighted by molar-refractivity contribution is 0.0696. The van der Waals surface area contributed by atoms with Crippen molar-refractivity contribution in [2.45, 2.75) is 53.2 Å². The first kappa shape index (κ1) is 36.7. The number of aliphatic hydroxyl groups is 1. The number of carbonyl (C=O) groups is 2. The zero-order chi connectivity index (χ0) is 36.9. The predicted molar refractivity (Wildman–Crippen MR) is 195 cm³/mol. The van der Waals surface area contributed by atoms with Crippen molar-refractivity contribution in [1.29, 1.82) is 0 Å². The average molecular weight is 714 g/mol. The Morgan fingerprint density at radius 1 is 0.941 bits per heavy atom. The van der Waals surface area contributed by atoms with Crippen molar-refractivity contribution in [2.75, 3.05) is 18.5 Å². The number of hydrogen-bond donors (Lipinski definition) is 4. The summed E-state index contributed by atoms with van der Waals surface area (Å²) in [7, 11) is 0. The van der Waals surface area contributed by atoms with Gasteiger partial charge in [-0.2, -0.15) is 5.10 Å². The number of aliphatic hydroxyl groups excluding tert-OH is 1. The molecule has 0 unspecified atom stereocenters. The summed E-state index contributed by atoms with van der Waals surface area (Å²) in [5.74, 6) is 0.0866. The van der Waals surface area contributed by atoms with Crippen LogP contribution in [-0.2, 0) is 18.6 Å². The van der Waals surface area contributed by atoms with Crippen LogP contribution in [0.4, 0.5) is 10.6 Å². The minimum Gasteiger partial charge on any atom is -0.491 e. The number of carboxylic acids is 1. The van der Waals surface area contributed by atoms with E-state index in [9.17, 15) is 19.5 Å². The molecule has 2 aromatic heterocycles. The number of aromatic nitrogens is 3. The highest BCUT2D eigenvalue weighted by Crippen LogP contribution is 2.29. The van der Waals surface area contributed by atoms with Gasteiger partial charge in [0.25, 0.3) is 5.56 Å². The Bertz CT molecular complexity index is 2130. The molecule has 13 heteroatoms. The van der Waals surface area contributed by atoms with Crippen LogP contribution < -0.4 is 25.7 Å². The summed E-state index contributed by atoms with van der Waals surface area (Å²) in [4.78, 5) is 38.2. The predicted octanol–water partition coefficient (Wildman–Crippen LogP) is 6.56. The normalized spacial score (nSPS) is 11.3. The Kier molecular flexibility index (Phi) is 11.2. The molecule has 12 nitrogen and oxygen atoms in total. The van der Waals surface area contributed by atoms with Gasteiger partial charge in [-0.1, -0.05) is 68.8 Å². The minimum absolute atomic E-state index is 0.0488. The van der Waals surface area contributed by atoms with E-state index in [-0.39, 0.29) is 48.1 Å². The van der Waals surface area contributed by atoms with E-state index in [2.05, 4.69) is 10.6 Å². The maximum absolute atomic E-state index is 13.4. The number of carbonyl (C=O) groups excluding carboxylic acids is 1. The first-order chi connectivity index (χ1) is 24.3. The van der Waals surface area contributed by atoms with E-state index in [1.165, 1.54) is 16.7 Å². The molecule has 0 saturated carbocycles. The molecule has 0 saturated heterocycles. The number of amides is 2. The second-order valence-electron chi connectivity index (χ2n) is 12.9. The van der Waals surface area contributed by atoms with Gasteiger partial charge >= 0.3 is 12.0 Å². The smallest absolute Gasteiger partial charge is 0.335 e. The van der Waals surface area contributed by atoms with Gasteiger partial charge < -0.3 is 25.0 Å². The number of nitrogens with zero attached hydrogens (tertiary/aromatic N) is 3. The summed E-state index contributed by atoms with van der Waals surface area (Å²) in [5, 5.41) is 29.0. The molecule has 4 N–H and O–H groups in total. The molecular formula is C38H40ClN5O7. The number of benzene rings is 3. The number of nitrogens with one attached hydrogen (secondary N) is 2. The van der Waals surface area contributed by atoms with Crippen molar-refractivity contribution in [3.63, 3.8) is 0 Å². The van der Waals surface area contributed by atoms with Crippen LogP contribution in [-0.4, -0.2) is 49.8 Å². The van der Waals surface area contributed by atoms with Crippen LogP contribution in [0.25, 0.3) is 11.4 Å². The fourth-order valence-electron chi connectivity index (χ4n) is 5.33. The topological polar surface area (TPSA) is 157 Å². The van der Waals surface area contributed by atoms with E-state index in [1.807, 2.05) is 63.2 Å². The third kappa shape index (κ3) is 8.59. The minimum atomic E-state index is -1.10. The summed E-state index contributed by atoms with van der Waals surface area (Å²) in [6.07, 6.45) is 0. The summed E-state index contributed by atoms with van der Waals surface area (Å²) >= 11 is 6.51. The van der Waals surface area contributed by atoms with Crippen molar-refractivity contribution >= 4 is 29.4 Å². The van der Waals surface area contributed by atoms with E-state index in [1.54, 1.807) is 42.8 Å². The van der Waals surface area contributed by atoms with E-state index >= 15 is 0 Å². The van der Waals surface area contributed by atoms with Gasteiger partial charge in [-0.3, -0.25) is 14.7 Å². The molecular weight excluding hydrogens is 674 g/mol. The van der Waals surface area contributed by atoms with E-state index in [0.29, 0.717) is 34.2 Å². The maximum Gasteiger partial charge on any atom is 0.335 e. The molecule has 3 aromatic carbocycles. The second kappa shape index (κ2) is 15.5. The Hall–Kier alpha value is -5.59. The second-order valence-corrected chi connectivity index (χ2v) is 13.3. The van der Waals surface area contributed by atoms with Crippen LogP contribution in [0.3, 0.4) is 0 Å². The molecule has 2 amide bonds. The molecule has 0 radical (unpaired) electrons. The number of urea groups is 1. The lowest BCUT2D eigenvalue weighted by Gasteiger charge is -2.17. The van der Waals surface area contributed by atoms with Crippen molar-refractivity contribution in [3.05, 3.63) is 128 Å². The number of hydrogen-bond acceptors (Lipinski definition) is 7. The number of pyridine rings is 1. The van der Waals surface area contributed by atoms with Crippen LogP contribution >= 0.6 is 11.6 Å². The van der Waals surface area contributed by atoms with Crippen LogP contribution in [0.1, 0.15) is 59.2 Å². The molecule has 5 aromatic rings. The van der Waals surface area contributed by atoms with E-state index in [0.717, 1.165) is 16.8 Å². The molecule has 0 aliphatic carbocycles. The Morgan fingerprint density at radius 3 is 2.39 bits per heavy atom. The van der Waals surface area contributed by atoms with Gasteiger partial charge in [-0.15, -0.1) is 0 Å². The van der Waals surface area contributed by atoms with Crippen LogP contribution in [0.15, 0.2) is 83.7 Å². The molecule has 266 valence electrons. The molecule has 0 fully saturated rings. The summed E-state index contributed by atoms with van der Waals surface area (Å²) in [5.41, 5.74) is 3.84. The first-order valence-electron chi connectivity index (χ1n) is 16.2. The van der Waals surface area contributed by atoms with Gasteiger partial charge in [0.15, 0.2) is 0 Å². The molecule has 0 aliphatic rings. The number of aromatic carboxylic acids is 1. The number of aryl methyl sites for hydroxylation is 2. The third-order valence-electron chi connectivity index (χ3n) is 8.08. The van der Waals surface area contributed by atoms with E-state index in [4.69, 9.17) is 31.3 Å². The average Bonchev–Trinajstić information content (AvgIpc) is 3.53. The van der Waals surface area contributed by atoms with E-state index < -0.39 is 17.6 Å². The molecule has 0 bridgehead atoms. The number of rotatable bonds is 12. The van der Waals surface area contributed by atoms with Crippen LogP contribution in [0.5, 0.6) is 11.5 Å². The summed E-state index contributed by atoms with van der Waals surface area (Å²) in [6, 6.07) is 22.2. The van der Waals surface area contributed by atoms with Gasteiger partial charge in [-0.05, 0) is 54.8 Å². The van der Waals surface area contributed by atoms with Gasteiger partial charge in [0.1, 0.15) is 35.6 Å². The number of carboxylic acid groups (broad SMARTS) is 1. The number of ether oxygens (including phenoxy) is 2. The highest BCUT2D eigenvalue weighted by atomic mass is 35.5. The fraction of sp³-hybridized carbons (Fsp3) is 0.263. The zero-order valence-corrected chi connectivity index (χ0v) is 29.7. The van der Waals surface area contributed by atoms with Crippen molar-refractivity contribution in [3.8, 4) is 22.9 Å². The highest BCUT2D eigenvalue weighted by molar-refractivity contribution is 6.31. The lowest BCUT2D eigenvalue weighted by Crippen LogP contribution is -2.29. The third-order valence-corrected chi connectivity index (χ3v) is 8.43. The molecule has 0 atom stereocenters. The quantitative estimate of drug-likeness (QED) is 0.113. The Labute approximate surface area is 300 Å². The largest absolute Gasteiger partial charge is 0.491 e. The summed E-state index contributed by atoms with van der Waals surface area (Å²) in [6.45, 7) is 9.86. The Balaban J connectivity index is 1.31. The van der Waals surface area contributed by atoms with Gasteiger partial charge in [0.05, 0.1) is 29.2 Å². The van der Waals surface area contributed by atoms with Gasteiger partial charge in [0.2, 0.25) is 0 Å². The zero-order valence-electron chi connectivity index (χ0n) is 29.0. The monoisotopic (exact) mass is 713 g/mol. The van der Waals surface area contributed by atoms with Crippen LogP contribution in [0.2, 0.25) is 5.02 Å². The van der Waals surface area contributed by atoms with Crippen molar-refractivity contribution in [1.82, 2.24) is 19.7 Å². The van der Waals surface area contributed by atoms with Crippen molar-refractivity contribution < 1.29 is 29.3 Å². The molecule has 2 heterocycles. The standard InChI is InChI=1S/C38H40ClN5O7/c1-23-13-14-25(36(47)48)18-30(23)43-24(2)17-31(34(39)35(43)46)51-22-27-10-7-6-9-26(27)21-40-37(49)41-33-20-32(38(3,4)5)42-44(33)28-11-8-12-29(19-28)50-16-15-45/h6-14,17-20,45H,15-16,21-22H2,1-5H3,(H,47,48)(H2,40,41,49). The lowest BCUT2D eigenvalue weighted by atomic mass is 9.92.